The van der Waals surface area contributed by atoms with E-state index in [4.69, 9.17) is 14.2 Å². The highest BCUT2D eigenvalue weighted by Crippen LogP contribution is 1.96. The van der Waals surface area contributed by atoms with E-state index in [-0.39, 0.29) is 6.10 Å². The summed E-state index contributed by atoms with van der Waals surface area (Å²) in [5.74, 6) is 0. The van der Waals surface area contributed by atoms with Crippen LogP contribution in [0.5, 0.6) is 0 Å². The fourth-order valence-electron chi connectivity index (χ4n) is 1.08. The number of morpholine rings is 1. The van der Waals surface area contributed by atoms with E-state index in [1.54, 1.807) is 7.11 Å². The minimum absolute atomic E-state index is 0.218. The minimum Gasteiger partial charge on any atom is -0.382 e. The number of nitrogens with one attached hydrogen (secondary N) is 1. The largest absolute Gasteiger partial charge is 0.382 e. The zero-order chi connectivity index (χ0) is 8.65. The molecule has 0 aromatic carbocycles. The van der Waals surface area contributed by atoms with Gasteiger partial charge in [0, 0.05) is 20.2 Å². The maximum Gasteiger partial charge on any atom is 0.0933 e. The van der Waals surface area contributed by atoms with Crippen molar-refractivity contribution >= 4 is 0 Å². The lowest BCUT2D eigenvalue weighted by Gasteiger charge is -2.23. The topological polar surface area (TPSA) is 39.7 Å². The monoisotopic (exact) mass is 175 g/mol. The highest BCUT2D eigenvalue weighted by Gasteiger charge is 2.12. The second-order valence-corrected chi connectivity index (χ2v) is 2.76. The van der Waals surface area contributed by atoms with E-state index >= 15 is 0 Å². The third kappa shape index (κ3) is 4.01. The molecule has 12 heavy (non-hydrogen) atoms. The fraction of sp³-hybridized carbons (Fsp3) is 1.00. The van der Waals surface area contributed by atoms with Crippen molar-refractivity contribution in [3.8, 4) is 0 Å². The molecular formula is C8H17NO3. The number of rotatable bonds is 5. The smallest absolute Gasteiger partial charge is 0.0933 e. The normalized spacial score (nSPS) is 24.2. The van der Waals surface area contributed by atoms with Gasteiger partial charge in [0.2, 0.25) is 0 Å². The molecule has 1 aliphatic rings. The summed E-state index contributed by atoms with van der Waals surface area (Å²) < 4.78 is 15.6. The Balaban J connectivity index is 1.91. The van der Waals surface area contributed by atoms with Crippen molar-refractivity contribution < 1.29 is 14.2 Å². The molecule has 0 aromatic heterocycles. The van der Waals surface area contributed by atoms with Crippen LogP contribution in [0.25, 0.3) is 0 Å². The van der Waals surface area contributed by atoms with Crippen molar-refractivity contribution in [3.05, 3.63) is 0 Å². The average Bonchev–Trinajstić information content (AvgIpc) is 2.14. The lowest BCUT2D eigenvalue weighted by atomic mass is 10.3. The Hall–Kier alpha value is -0.160. The highest BCUT2D eigenvalue weighted by molar-refractivity contribution is 4.65. The Morgan fingerprint density at radius 2 is 2.42 bits per heavy atom. The van der Waals surface area contributed by atoms with Gasteiger partial charge < -0.3 is 19.5 Å². The molecule has 1 rings (SSSR count). The van der Waals surface area contributed by atoms with Crippen LogP contribution in [0.2, 0.25) is 0 Å². The molecule has 1 fully saturated rings. The molecule has 0 spiro atoms. The summed E-state index contributed by atoms with van der Waals surface area (Å²) in [5, 5.41) is 3.24. The zero-order valence-electron chi connectivity index (χ0n) is 7.54. The Bertz CT molecular complexity index is 104. The van der Waals surface area contributed by atoms with Crippen LogP contribution in [-0.4, -0.2) is 52.7 Å². The van der Waals surface area contributed by atoms with Gasteiger partial charge in [0.1, 0.15) is 0 Å². The second-order valence-electron chi connectivity index (χ2n) is 2.76. The summed E-state index contributed by atoms with van der Waals surface area (Å²) in [5.41, 5.74) is 0. The number of ether oxygens (including phenoxy) is 3. The highest BCUT2D eigenvalue weighted by atomic mass is 16.5. The van der Waals surface area contributed by atoms with E-state index in [2.05, 4.69) is 5.32 Å². The molecule has 0 bridgehead atoms. The van der Waals surface area contributed by atoms with Crippen LogP contribution >= 0.6 is 0 Å². The lowest BCUT2D eigenvalue weighted by Crippen LogP contribution is -2.41. The minimum atomic E-state index is 0.218. The van der Waals surface area contributed by atoms with Gasteiger partial charge >= 0.3 is 0 Å². The van der Waals surface area contributed by atoms with Crippen LogP contribution in [0.1, 0.15) is 0 Å². The molecule has 1 aliphatic heterocycles. The maximum absolute atomic E-state index is 5.43. The van der Waals surface area contributed by atoms with E-state index in [1.807, 2.05) is 0 Å². The van der Waals surface area contributed by atoms with Crippen LogP contribution < -0.4 is 5.32 Å². The van der Waals surface area contributed by atoms with Gasteiger partial charge in [0.15, 0.2) is 0 Å². The first kappa shape index (κ1) is 9.92. The summed E-state index contributed by atoms with van der Waals surface area (Å²) in [6.45, 7) is 4.60. The van der Waals surface area contributed by atoms with Crippen molar-refractivity contribution in [3.63, 3.8) is 0 Å². The summed E-state index contributed by atoms with van der Waals surface area (Å²) in [6, 6.07) is 0. The van der Waals surface area contributed by atoms with Crippen molar-refractivity contribution in [2.24, 2.45) is 0 Å². The van der Waals surface area contributed by atoms with E-state index in [0.29, 0.717) is 19.8 Å². The molecule has 1 saturated heterocycles. The fourth-order valence-corrected chi connectivity index (χ4v) is 1.08. The Labute approximate surface area is 73.2 Å². The van der Waals surface area contributed by atoms with E-state index in [9.17, 15) is 0 Å². The standard InChI is InChI=1S/C8H17NO3/c1-10-4-5-11-7-8-6-9-2-3-12-8/h8-9H,2-7H2,1H3/t8-/m0/s1. The Morgan fingerprint density at radius 3 is 3.08 bits per heavy atom. The van der Waals surface area contributed by atoms with Gasteiger partial charge in [-0.25, -0.2) is 0 Å². The molecule has 1 heterocycles. The third-order valence-electron chi connectivity index (χ3n) is 1.74. The van der Waals surface area contributed by atoms with Crippen LogP contribution in [0.15, 0.2) is 0 Å². The maximum atomic E-state index is 5.43. The van der Waals surface area contributed by atoms with Gasteiger partial charge in [-0.2, -0.15) is 0 Å². The van der Waals surface area contributed by atoms with Gasteiger partial charge in [-0.15, -0.1) is 0 Å². The van der Waals surface area contributed by atoms with E-state index in [0.717, 1.165) is 19.7 Å². The number of hydrogen-bond donors (Lipinski definition) is 1. The molecule has 0 aliphatic carbocycles. The van der Waals surface area contributed by atoms with Crippen LogP contribution in [0.3, 0.4) is 0 Å². The van der Waals surface area contributed by atoms with Gasteiger partial charge in [-0.05, 0) is 0 Å². The van der Waals surface area contributed by atoms with Crippen molar-refractivity contribution in [1.29, 1.82) is 0 Å². The molecule has 0 aromatic rings. The van der Waals surface area contributed by atoms with Gasteiger partial charge in [-0.1, -0.05) is 0 Å². The SMILES string of the molecule is COCCOC[C@@H]1CNCCO1. The van der Waals surface area contributed by atoms with Crippen LogP contribution in [-0.2, 0) is 14.2 Å². The van der Waals surface area contributed by atoms with Gasteiger partial charge in [0.05, 0.1) is 32.5 Å². The number of hydrogen-bond acceptors (Lipinski definition) is 4. The third-order valence-corrected chi connectivity index (χ3v) is 1.74. The molecule has 4 nitrogen and oxygen atoms in total. The molecule has 0 amide bonds. The first-order valence-corrected chi connectivity index (χ1v) is 4.32. The first-order chi connectivity index (χ1) is 5.93. The Kier molecular flexibility index (Phi) is 5.27. The zero-order valence-corrected chi connectivity index (χ0v) is 7.54. The van der Waals surface area contributed by atoms with Crippen LogP contribution in [0, 0.1) is 0 Å². The summed E-state index contributed by atoms with van der Waals surface area (Å²) in [6.07, 6.45) is 0.218. The molecule has 72 valence electrons. The van der Waals surface area contributed by atoms with E-state index < -0.39 is 0 Å². The molecule has 1 atom stereocenters. The summed E-state index contributed by atoms with van der Waals surface area (Å²) >= 11 is 0. The first-order valence-electron chi connectivity index (χ1n) is 4.32. The van der Waals surface area contributed by atoms with Crippen molar-refractivity contribution in [1.82, 2.24) is 5.32 Å². The molecule has 0 unspecified atom stereocenters. The van der Waals surface area contributed by atoms with Crippen LogP contribution in [0.4, 0.5) is 0 Å². The van der Waals surface area contributed by atoms with Gasteiger partial charge in [-0.3, -0.25) is 0 Å². The summed E-state index contributed by atoms with van der Waals surface area (Å²) in [7, 11) is 1.67. The molecule has 4 heteroatoms. The lowest BCUT2D eigenvalue weighted by molar-refractivity contribution is -0.0396. The quantitative estimate of drug-likeness (QED) is 0.579. The second kappa shape index (κ2) is 6.37. The molecule has 0 saturated carbocycles. The van der Waals surface area contributed by atoms with E-state index in [1.165, 1.54) is 0 Å². The molecule has 1 N–H and O–H groups in total. The van der Waals surface area contributed by atoms with Crippen molar-refractivity contribution in [2.45, 2.75) is 6.10 Å². The average molecular weight is 175 g/mol. The van der Waals surface area contributed by atoms with Gasteiger partial charge in [0.25, 0.3) is 0 Å². The molecule has 0 radical (unpaired) electrons. The summed E-state index contributed by atoms with van der Waals surface area (Å²) in [4.78, 5) is 0. The van der Waals surface area contributed by atoms with Crippen molar-refractivity contribution in [2.75, 3.05) is 46.6 Å². The predicted molar refractivity (Wildman–Crippen MR) is 45.3 cm³/mol. The Morgan fingerprint density at radius 1 is 1.50 bits per heavy atom. The molecular weight excluding hydrogens is 158 g/mol. The predicted octanol–water partition coefficient (Wildman–Crippen LogP) is -0.362. The number of methoxy groups -OCH3 is 1.